The fourth-order valence-corrected chi connectivity index (χ4v) is 2.07. The zero-order chi connectivity index (χ0) is 10.8. The molecular weight excluding hydrogens is 180 g/mol. The van der Waals surface area contributed by atoms with Gasteiger partial charge in [0.25, 0.3) is 0 Å². The molecule has 0 saturated heterocycles. The Morgan fingerprint density at radius 2 is 2.14 bits per heavy atom. The second-order valence-electron chi connectivity index (χ2n) is 4.55. The van der Waals surface area contributed by atoms with E-state index in [1.807, 2.05) is 13.8 Å². The number of carbonyl (C=O) groups is 2. The number of methoxy groups -OCH3 is 1. The molecule has 1 aliphatic carbocycles. The Kier molecular flexibility index (Phi) is 3.29. The van der Waals surface area contributed by atoms with Crippen LogP contribution < -0.4 is 0 Å². The zero-order valence-corrected chi connectivity index (χ0v) is 9.13. The number of hydrogen-bond donors (Lipinski definition) is 0. The van der Waals surface area contributed by atoms with E-state index in [2.05, 4.69) is 0 Å². The molecule has 1 atom stereocenters. The lowest BCUT2D eigenvalue weighted by atomic mass is 9.71. The monoisotopic (exact) mass is 198 g/mol. The van der Waals surface area contributed by atoms with Gasteiger partial charge in [0.15, 0.2) is 0 Å². The van der Waals surface area contributed by atoms with Crippen LogP contribution in [0.15, 0.2) is 0 Å². The first kappa shape index (κ1) is 11.2. The van der Waals surface area contributed by atoms with Crippen LogP contribution in [0.1, 0.15) is 39.5 Å². The average molecular weight is 198 g/mol. The smallest absolute Gasteiger partial charge is 0.311 e. The molecule has 0 aromatic heterocycles. The number of rotatable bonds is 2. The van der Waals surface area contributed by atoms with Crippen molar-refractivity contribution >= 4 is 11.8 Å². The molecule has 3 heteroatoms. The normalized spacial score (nSPS) is 23.4. The number of Topliss-reactive ketones (excluding diaryl/α,β-unsaturated/α-hetero) is 1. The Hall–Kier alpha value is -0.860. The van der Waals surface area contributed by atoms with Gasteiger partial charge >= 0.3 is 5.97 Å². The average Bonchev–Trinajstić information content (AvgIpc) is 2.16. The Morgan fingerprint density at radius 1 is 1.50 bits per heavy atom. The first-order chi connectivity index (χ1) is 6.48. The summed E-state index contributed by atoms with van der Waals surface area (Å²) in [4.78, 5) is 22.8. The standard InChI is InChI=1S/C11H18O3/c1-11(2,10(13)14-3)8-5-4-6-9(12)7-8/h8H,4-7H2,1-3H3. The fourth-order valence-electron chi connectivity index (χ4n) is 2.07. The second kappa shape index (κ2) is 4.11. The van der Waals surface area contributed by atoms with E-state index in [1.165, 1.54) is 7.11 Å². The minimum atomic E-state index is -0.523. The van der Waals surface area contributed by atoms with Gasteiger partial charge in [-0.2, -0.15) is 0 Å². The highest BCUT2D eigenvalue weighted by atomic mass is 16.5. The minimum absolute atomic E-state index is 0.149. The molecule has 80 valence electrons. The largest absolute Gasteiger partial charge is 0.469 e. The summed E-state index contributed by atoms with van der Waals surface area (Å²) in [7, 11) is 1.40. The van der Waals surface area contributed by atoms with Crippen molar-refractivity contribution in [2.24, 2.45) is 11.3 Å². The van der Waals surface area contributed by atoms with Crippen LogP contribution in [0.25, 0.3) is 0 Å². The van der Waals surface area contributed by atoms with Crippen molar-refractivity contribution < 1.29 is 14.3 Å². The van der Waals surface area contributed by atoms with Crippen LogP contribution in [0.3, 0.4) is 0 Å². The van der Waals surface area contributed by atoms with Crippen molar-refractivity contribution in [2.75, 3.05) is 7.11 Å². The number of ether oxygens (including phenoxy) is 1. The Labute approximate surface area is 84.8 Å². The van der Waals surface area contributed by atoms with Crippen molar-refractivity contribution in [3.05, 3.63) is 0 Å². The molecule has 0 aromatic rings. The summed E-state index contributed by atoms with van der Waals surface area (Å²) in [6, 6.07) is 0. The molecule has 3 nitrogen and oxygen atoms in total. The summed E-state index contributed by atoms with van der Waals surface area (Å²) in [5, 5.41) is 0. The van der Waals surface area contributed by atoms with Crippen LogP contribution >= 0.6 is 0 Å². The van der Waals surface area contributed by atoms with E-state index in [0.717, 1.165) is 12.8 Å². The molecule has 1 rings (SSSR count). The molecule has 1 fully saturated rings. The van der Waals surface area contributed by atoms with E-state index in [4.69, 9.17) is 4.74 Å². The highest BCUT2D eigenvalue weighted by Gasteiger charge is 2.39. The molecule has 0 heterocycles. The van der Waals surface area contributed by atoms with Crippen LogP contribution in [0, 0.1) is 11.3 Å². The van der Waals surface area contributed by atoms with Gasteiger partial charge in [-0.3, -0.25) is 9.59 Å². The van der Waals surface area contributed by atoms with E-state index in [-0.39, 0.29) is 17.7 Å². The van der Waals surface area contributed by atoms with Gasteiger partial charge < -0.3 is 4.74 Å². The minimum Gasteiger partial charge on any atom is -0.469 e. The highest BCUT2D eigenvalue weighted by molar-refractivity contribution is 5.82. The van der Waals surface area contributed by atoms with Crippen LogP contribution in [-0.2, 0) is 14.3 Å². The van der Waals surface area contributed by atoms with Gasteiger partial charge in [-0.05, 0) is 32.6 Å². The molecule has 0 spiro atoms. The fraction of sp³-hybridized carbons (Fsp3) is 0.818. The van der Waals surface area contributed by atoms with E-state index in [0.29, 0.717) is 12.8 Å². The third-order valence-corrected chi connectivity index (χ3v) is 3.21. The Bertz CT molecular complexity index is 243. The maximum atomic E-state index is 11.5. The highest BCUT2D eigenvalue weighted by Crippen LogP contribution is 2.37. The van der Waals surface area contributed by atoms with Gasteiger partial charge in [0.05, 0.1) is 12.5 Å². The summed E-state index contributed by atoms with van der Waals surface area (Å²) in [5.74, 6) is 0.214. The van der Waals surface area contributed by atoms with Crippen LogP contribution in [-0.4, -0.2) is 18.9 Å². The van der Waals surface area contributed by atoms with E-state index < -0.39 is 5.41 Å². The molecule has 0 amide bonds. The molecule has 1 aliphatic rings. The molecule has 0 N–H and O–H groups in total. The van der Waals surface area contributed by atoms with Gasteiger partial charge in [0, 0.05) is 12.8 Å². The zero-order valence-electron chi connectivity index (χ0n) is 9.13. The Morgan fingerprint density at radius 3 is 2.64 bits per heavy atom. The van der Waals surface area contributed by atoms with Gasteiger partial charge in [0.1, 0.15) is 5.78 Å². The lowest BCUT2D eigenvalue weighted by Gasteiger charge is -2.33. The molecule has 0 aromatic carbocycles. The van der Waals surface area contributed by atoms with E-state index >= 15 is 0 Å². The number of hydrogen-bond acceptors (Lipinski definition) is 3. The second-order valence-corrected chi connectivity index (χ2v) is 4.55. The van der Waals surface area contributed by atoms with Gasteiger partial charge in [-0.25, -0.2) is 0 Å². The van der Waals surface area contributed by atoms with Crippen LogP contribution in [0.2, 0.25) is 0 Å². The van der Waals surface area contributed by atoms with Gasteiger partial charge in [-0.1, -0.05) is 0 Å². The topological polar surface area (TPSA) is 43.4 Å². The molecule has 0 bridgehead atoms. The molecule has 1 saturated carbocycles. The summed E-state index contributed by atoms with van der Waals surface area (Å²) in [6.45, 7) is 3.73. The van der Waals surface area contributed by atoms with Gasteiger partial charge in [-0.15, -0.1) is 0 Å². The molecular formula is C11H18O3. The maximum Gasteiger partial charge on any atom is 0.311 e. The van der Waals surface area contributed by atoms with Crippen molar-refractivity contribution in [3.63, 3.8) is 0 Å². The van der Waals surface area contributed by atoms with E-state index in [1.54, 1.807) is 0 Å². The molecule has 14 heavy (non-hydrogen) atoms. The number of carbonyl (C=O) groups excluding carboxylic acids is 2. The number of esters is 1. The molecule has 0 aliphatic heterocycles. The lowest BCUT2D eigenvalue weighted by Crippen LogP contribution is -2.37. The maximum absolute atomic E-state index is 11.5. The van der Waals surface area contributed by atoms with Crippen molar-refractivity contribution in [2.45, 2.75) is 39.5 Å². The summed E-state index contributed by atoms with van der Waals surface area (Å²) >= 11 is 0. The predicted octanol–water partition coefficient (Wildman–Crippen LogP) is 1.94. The molecule has 1 unspecified atom stereocenters. The number of ketones is 1. The summed E-state index contributed by atoms with van der Waals surface area (Å²) < 4.78 is 4.75. The third kappa shape index (κ3) is 2.14. The first-order valence-corrected chi connectivity index (χ1v) is 5.08. The van der Waals surface area contributed by atoms with Crippen molar-refractivity contribution in [1.82, 2.24) is 0 Å². The Balaban J connectivity index is 2.70. The van der Waals surface area contributed by atoms with Crippen molar-refractivity contribution in [3.8, 4) is 0 Å². The predicted molar refractivity (Wildman–Crippen MR) is 52.8 cm³/mol. The first-order valence-electron chi connectivity index (χ1n) is 5.08. The van der Waals surface area contributed by atoms with Crippen molar-refractivity contribution in [1.29, 1.82) is 0 Å². The SMILES string of the molecule is COC(=O)C(C)(C)C1CCCC(=O)C1. The quantitative estimate of drug-likeness (QED) is 0.637. The molecule has 0 radical (unpaired) electrons. The van der Waals surface area contributed by atoms with E-state index in [9.17, 15) is 9.59 Å². The van der Waals surface area contributed by atoms with Crippen LogP contribution in [0.5, 0.6) is 0 Å². The van der Waals surface area contributed by atoms with Gasteiger partial charge in [0.2, 0.25) is 0 Å². The summed E-state index contributed by atoms with van der Waals surface area (Å²) in [5.41, 5.74) is -0.523. The third-order valence-electron chi connectivity index (χ3n) is 3.21. The van der Waals surface area contributed by atoms with Crippen LogP contribution in [0.4, 0.5) is 0 Å². The summed E-state index contributed by atoms with van der Waals surface area (Å²) in [6.07, 6.45) is 3.06. The lowest BCUT2D eigenvalue weighted by molar-refractivity contribution is -0.155.